The second-order valence-electron chi connectivity index (χ2n) is 4.89. The van der Waals surface area contributed by atoms with E-state index in [1.807, 2.05) is 25.1 Å². The number of anilines is 1. The summed E-state index contributed by atoms with van der Waals surface area (Å²) in [5.41, 5.74) is 3.59. The number of hydrogen-bond donors (Lipinski definition) is 2. The summed E-state index contributed by atoms with van der Waals surface area (Å²) in [5, 5.41) is 11.8. The molecule has 0 atom stereocenters. The minimum Gasteiger partial charge on any atom is -0.436 e. The van der Waals surface area contributed by atoms with Crippen molar-refractivity contribution in [2.75, 3.05) is 11.9 Å². The second-order valence-corrected chi connectivity index (χ2v) is 5.30. The van der Waals surface area contributed by atoms with Crippen molar-refractivity contribution < 1.29 is 14.3 Å². The molecule has 0 saturated heterocycles. The average molecular weight is 317 g/mol. The summed E-state index contributed by atoms with van der Waals surface area (Å²) in [7, 11) is 0. The summed E-state index contributed by atoms with van der Waals surface area (Å²) >= 11 is 6.20. The van der Waals surface area contributed by atoms with Gasteiger partial charge >= 0.3 is 0 Å². The van der Waals surface area contributed by atoms with Crippen LogP contribution in [0.15, 0.2) is 40.8 Å². The van der Waals surface area contributed by atoms with E-state index in [9.17, 15) is 4.79 Å². The summed E-state index contributed by atoms with van der Waals surface area (Å²) < 4.78 is 5.72. The SMILES string of the molecule is Cc1ccc2oc(-c3cc(NC(=O)CO)ccc3Cl)nc2c1. The molecule has 112 valence electrons. The fraction of sp³-hybridized carbons (Fsp3) is 0.125. The van der Waals surface area contributed by atoms with Gasteiger partial charge in [0.2, 0.25) is 11.8 Å². The number of nitrogens with one attached hydrogen (secondary N) is 1. The van der Waals surface area contributed by atoms with Crippen LogP contribution in [-0.2, 0) is 4.79 Å². The van der Waals surface area contributed by atoms with Gasteiger partial charge in [0, 0.05) is 5.69 Å². The largest absolute Gasteiger partial charge is 0.436 e. The molecular formula is C16H13ClN2O3. The van der Waals surface area contributed by atoms with Crippen LogP contribution in [-0.4, -0.2) is 22.6 Å². The summed E-state index contributed by atoms with van der Waals surface area (Å²) in [4.78, 5) is 15.7. The maximum absolute atomic E-state index is 11.3. The lowest BCUT2D eigenvalue weighted by Gasteiger charge is -2.06. The third-order valence-corrected chi connectivity index (χ3v) is 3.50. The fourth-order valence-electron chi connectivity index (χ4n) is 2.12. The van der Waals surface area contributed by atoms with Crippen molar-refractivity contribution in [1.29, 1.82) is 0 Å². The first-order valence-corrected chi connectivity index (χ1v) is 7.02. The number of aromatic nitrogens is 1. The van der Waals surface area contributed by atoms with Gasteiger partial charge in [-0.15, -0.1) is 0 Å². The maximum Gasteiger partial charge on any atom is 0.250 e. The number of rotatable bonds is 3. The van der Waals surface area contributed by atoms with Gasteiger partial charge in [0.05, 0.1) is 10.6 Å². The molecule has 0 unspecified atom stereocenters. The lowest BCUT2D eigenvalue weighted by molar-refractivity contribution is -0.118. The van der Waals surface area contributed by atoms with Crippen molar-refractivity contribution >= 4 is 34.3 Å². The van der Waals surface area contributed by atoms with Crippen LogP contribution in [0.1, 0.15) is 5.56 Å². The number of fused-ring (bicyclic) bond motifs is 1. The Kier molecular flexibility index (Phi) is 3.83. The third-order valence-electron chi connectivity index (χ3n) is 3.17. The predicted octanol–water partition coefficient (Wildman–Crippen LogP) is 3.39. The number of hydrogen-bond acceptors (Lipinski definition) is 4. The van der Waals surface area contributed by atoms with E-state index in [-0.39, 0.29) is 0 Å². The molecule has 0 fully saturated rings. The van der Waals surface area contributed by atoms with Gasteiger partial charge in [-0.05, 0) is 42.8 Å². The standard InChI is InChI=1S/C16H13ClN2O3/c1-9-2-5-14-13(6-9)19-16(22-14)11-7-10(3-4-12(11)17)18-15(21)8-20/h2-7,20H,8H2,1H3,(H,18,21). The number of benzene rings is 2. The van der Waals surface area contributed by atoms with Gasteiger partial charge in [-0.3, -0.25) is 4.79 Å². The first-order valence-electron chi connectivity index (χ1n) is 6.64. The molecule has 0 aliphatic heterocycles. The Bertz CT molecular complexity index is 858. The zero-order chi connectivity index (χ0) is 15.7. The van der Waals surface area contributed by atoms with Crippen molar-refractivity contribution in [2.24, 2.45) is 0 Å². The van der Waals surface area contributed by atoms with Crippen molar-refractivity contribution in [3.05, 3.63) is 47.0 Å². The lowest BCUT2D eigenvalue weighted by atomic mass is 10.2. The van der Waals surface area contributed by atoms with Crippen molar-refractivity contribution in [3.63, 3.8) is 0 Å². The van der Waals surface area contributed by atoms with E-state index in [4.69, 9.17) is 21.1 Å². The average Bonchev–Trinajstić information content (AvgIpc) is 2.91. The quantitative estimate of drug-likeness (QED) is 0.776. The molecule has 6 heteroatoms. The number of aliphatic hydroxyl groups is 1. The van der Waals surface area contributed by atoms with E-state index in [2.05, 4.69) is 10.3 Å². The zero-order valence-corrected chi connectivity index (χ0v) is 12.5. The van der Waals surface area contributed by atoms with Crippen LogP contribution in [0.25, 0.3) is 22.6 Å². The van der Waals surface area contributed by atoms with Gasteiger partial charge in [0.25, 0.3) is 0 Å². The first kappa shape index (κ1) is 14.6. The number of aryl methyl sites for hydroxylation is 1. The number of halogens is 1. The molecule has 2 N–H and O–H groups in total. The minimum atomic E-state index is -0.583. The lowest BCUT2D eigenvalue weighted by Crippen LogP contribution is -2.15. The van der Waals surface area contributed by atoms with Crippen molar-refractivity contribution in [3.8, 4) is 11.5 Å². The second kappa shape index (κ2) is 5.79. The van der Waals surface area contributed by atoms with Gasteiger partial charge in [-0.1, -0.05) is 17.7 Å². The van der Waals surface area contributed by atoms with Crippen LogP contribution >= 0.6 is 11.6 Å². The molecule has 3 aromatic rings. The predicted molar refractivity (Wildman–Crippen MR) is 84.9 cm³/mol. The van der Waals surface area contributed by atoms with Crippen molar-refractivity contribution in [1.82, 2.24) is 4.98 Å². The Hall–Kier alpha value is -2.37. The monoisotopic (exact) mass is 316 g/mol. The molecule has 2 aromatic carbocycles. The summed E-state index contributed by atoms with van der Waals surface area (Å²) in [6.07, 6.45) is 0. The van der Waals surface area contributed by atoms with Gasteiger partial charge in [-0.25, -0.2) is 4.98 Å². The van der Waals surface area contributed by atoms with Gasteiger partial charge in [0.15, 0.2) is 5.58 Å². The van der Waals surface area contributed by atoms with E-state index in [1.54, 1.807) is 18.2 Å². The molecular weight excluding hydrogens is 304 g/mol. The fourth-order valence-corrected chi connectivity index (χ4v) is 2.32. The molecule has 3 rings (SSSR count). The smallest absolute Gasteiger partial charge is 0.250 e. The van der Waals surface area contributed by atoms with E-state index in [0.717, 1.165) is 11.1 Å². The molecule has 22 heavy (non-hydrogen) atoms. The van der Waals surface area contributed by atoms with E-state index in [1.165, 1.54) is 0 Å². The highest BCUT2D eigenvalue weighted by molar-refractivity contribution is 6.33. The number of nitrogens with zero attached hydrogens (tertiary/aromatic N) is 1. The van der Waals surface area contributed by atoms with E-state index >= 15 is 0 Å². The number of amides is 1. The molecule has 0 aliphatic rings. The zero-order valence-electron chi connectivity index (χ0n) is 11.8. The van der Waals surface area contributed by atoms with Crippen LogP contribution in [0.5, 0.6) is 0 Å². The highest BCUT2D eigenvalue weighted by Gasteiger charge is 2.13. The molecule has 1 heterocycles. The van der Waals surface area contributed by atoms with Gasteiger partial charge in [0.1, 0.15) is 12.1 Å². The van der Waals surface area contributed by atoms with Crippen molar-refractivity contribution in [2.45, 2.75) is 6.92 Å². The number of aliphatic hydroxyl groups excluding tert-OH is 1. The van der Waals surface area contributed by atoms with Crippen LogP contribution < -0.4 is 5.32 Å². The Balaban J connectivity index is 2.04. The van der Waals surface area contributed by atoms with E-state index < -0.39 is 12.5 Å². The summed E-state index contributed by atoms with van der Waals surface area (Å²) in [5.74, 6) is -0.118. The molecule has 0 saturated carbocycles. The minimum absolute atomic E-state index is 0.380. The molecule has 1 aromatic heterocycles. The Morgan fingerprint density at radius 2 is 2.14 bits per heavy atom. The molecule has 1 amide bonds. The molecule has 0 spiro atoms. The highest BCUT2D eigenvalue weighted by Crippen LogP contribution is 2.32. The molecule has 0 aliphatic carbocycles. The number of carbonyl (C=O) groups is 1. The Labute approximate surface area is 131 Å². The van der Waals surface area contributed by atoms with Gasteiger partial charge in [-0.2, -0.15) is 0 Å². The van der Waals surface area contributed by atoms with Crippen LogP contribution in [0.4, 0.5) is 5.69 Å². The Morgan fingerprint density at radius 1 is 1.32 bits per heavy atom. The normalized spacial score (nSPS) is 10.9. The summed E-state index contributed by atoms with van der Waals surface area (Å²) in [6, 6.07) is 10.7. The van der Waals surface area contributed by atoms with Crippen LogP contribution in [0.2, 0.25) is 5.02 Å². The van der Waals surface area contributed by atoms with Crippen LogP contribution in [0, 0.1) is 6.92 Å². The summed E-state index contributed by atoms with van der Waals surface area (Å²) in [6.45, 7) is 1.39. The highest BCUT2D eigenvalue weighted by atomic mass is 35.5. The Morgan fingerprint density at radius 3 is 2.91 bits per heavy atom. The van der Waals surface area contributed by atoms with Gasteiger partial charge < -0.3 is 14.8 Å². The third kappa shape index (κ3) is 2.81. The maximum atomic E-state index is 11.3. The topological polar surface area (TPSA) is 75.4 Å². The first-order chi connectivity index (χ1) is 10.6. The van der Waals surface area contributed by atoms with E-state index in [0.29, 0.717) is 27.7 Å². The molecule has 5 nitrogen and oxygen atoms in total. The molecule has 0 bridgehead atoms. The molecule has 0 radical (unpaired) electrons. The van der Waals surface area contributed by atoms with Crippen LogP contribution in [0.3, 0.4) is 0 Å². The number of oxazole rings is 1. The number of carbonyl (C=O) groups excluding carboxylic acids is 1.